The summed E-state index contributed by atoms with van der Waals surface area (Å²) in [6.07, 6.45) is -1.15. The molecule has 0 saturated carbocycles. The second-order valence-electron chi connectivity index (χ2n) is 4.17. The molecule has 1 unspecified atom stereocenters. The SMILES string of the molecule is Cc1cccc(C(O)c2cc(Cl)c(Br)cc2F)c1Cl. The van der Waals surface area contributed by atoms with Crippen molar-refractivity contribution in [2.24, 2.45) is 0 Å². The monoisotopic (exact) mass is 362 g/mol. The summed E-state index contributed by atoms with van der Waals surface area (Å²) in [6.45, 7) is 1.82. The van der Waals surface area contributed by atoms with Gasteiger partial charge in [0.2, 0.25) is 0 Å². The lowest BCUT2D eigenvalue weighted by molar-refractivity contribution is 0.215. The maximum Gasteiger partial charge on any atom is 0.130 e. The average molecular weight is 364 g/mol. The summed E-state index contributed by atoms with van der Waals surface area (Å²) in [6, 6.07) is 7.87. The quantitative estimate of drug-likeness (QED) is 0.719. The topological polar surface area (TPSA) is 20.2 Å². The number of aliphatic hydroxyl groups excluding tert-OH is 1. The molecule has 0 radical (unpaired) electrons. The van der Waals surface area contributed by atoms with Gasteiger partial charge in [-0.2, -0.15) is 0 Å². The van der Waals surface area contributed by atoms with Crippen LogP contribution in [0.25, 0.3) is 0 Å². The van der Waals surface area contributed by atoms with Crippen LogP contribution in [0.4, 0.5) is 4.39 Å². The van der Waals surface area contributed by atoms with Crippen molar-refractivity contribution in [2.45, 2.75) is 13.0 Å². The summed E-state index contributed by atoms with van der Waals surface area (Å²) in [5.74, 6) is -0.540. The molecule has 1 N–H and O–H groups in total. The highest BCUT2D eigenvalue weighted by atomic mass is 79.9. The zero-order chi connectivity index (χ0) is 14.2. The van der Waals surface area contributed by atoms with E-state index in [0.29, 0.717) is 20.1 Å². The Labute approximate surface area is 129 Å². The smallest absolute Gasteiger partial charge is 0.130 e. The van der Waals surface area contributed by atoms with Crippen LogP contribution in [0, 0.1) is 12.7 Å². The van der Waals surface area contributed by atoms with E-state index in [1.54, 1.807) is 12.1 Å². The normalized spacial score (nSPS) is 12.5. The van der Waals surface area contributed by atoms with Crippen LogP contribution >= 0.6 is 39.1 Å². The molecule has 0 bridgehead atoms. The van der Waals surface area contributed by atoms with E-state index >= 15 is 0 Å². The number of rotatable bonds is 2. The number of hydrogen-bond acceptors (Lipinski definition) is 1. The van der Waals surface area contributed by atoms with Crippen LogP contribution in [0.1, 0.15) is 22.8 Å². The Morgan fingerprint density at radius 3 is 2.58 bits per heavy atom. The van der Waals surface area contributed by atoms with Gasteiger partial charge in [-0.1, -0.05) is 41.4 Å². The van der Waals surface area contributed by atoms with Gasteiger partial charge in [-0.05, 0) is 40.5 Å². The Hall–Kier alpha value is -0.610. The minimum atomic E-state index is -1.15. The van der Waals surface area contributed by atoms with Crippen LogP contribution in [-0.2, 0) is 0 Å². The standard InChI is InChI=1S/C14H10BrCl2FO/c1-7-3-2-4-8(13(7)17)14(19)9-5-11(16)10(15)6-12(9)18/h2-6,14,19H,1H3. The van der Waals surface area contributed by atoms with E-state index in [-0.39, 0.29) is 5.56 Å². The van der Waals surface area contributed by atoms with E-state index in [9.17, 15) is 9.50 Å². The summed E-state index contributed by atoms with van der Waals surface area (Å²) in [5.41, 5.74) is 1.38. The van der Waals surface area contributed by atoms with Crippen molar-refractivity contribution in [3.05, 3.63) is 67.4 Å². The molecule has 0 aromatic heterocycles. The third-order valence-electron chi connectivity index (χ3n) is 2.85. The molecule has 0 spiro atoms. The molecule has 0 saturated heterocycles. The van der Waals surface area contributed by atoms with E-state index in [1.165, 1.54) is 12.1 Å². The van der Waals surface area contributed by atoms with Gasteiger partial charge in [0.25, 0.3) is 0 Å². The summed E-state index contributed by atoms with van der Waals surface area (Å²) in [7, 11) is 0. The van der Waals surface area contributed by atoms with Crippen LogP contribution in [0.5, 0.6) is 0 Å². The third kappa shape index (κ3) is 2.95. The molecule has 100 valence electrons. The summed E-state index contributed by atoms with van der Waals surface area (Å²) >= 11 is 15.2. The lowest BCUT2D eigenvalue weighted by Gasteiger charge is -2.16. The van der Waals surface area contributed by atoms with Gasteiger partial charge in [0, 0.05) is 20.6 Å². The largest absolute Gasteiger partial charge is 0.383 e. The van der Waals surface area contributed by atoms with Crippen LogP contribution < -0.4 is 0 Å². The number of aliphatic hydroxyl groups is 1. The molecule has 0 amide bonds. The molecule has 0 heterocycles. The van der Waals surface area contributed by atoms with E-state index in [0.717, 1.165) is 5.56 Å². The maximum absolute atomic E-state index is 13.9. The van der Waals surface area contributed by atoms with Crippen LogP contribution in [0.3, 0.4) is 0 Å². The third-order valence-corrected chi connectivity index (χ3v) is 4.56. The molecule has 2 rings (SSSR count). The minimum Gasteiger partial charge on any atom is -0.383 e. The predicted molar refractivity (Wildman–Crippen MR) is 79.4 cm³/mol. The zero-order valence-electron chi connectivity index (χ0n) is 9.92. The Bertz CT molecular complexity index is 631. The highest BCUT2D eigenvalue weighted by Crippen LogP contribution is 2.34. The van der Waals surface area contributed by atoms with Gasteiger partial charge in [0.05, 0.1) is 5.02 Å². The second-order valence-corrected chi connectivity index (χ2v) is 5.81. The molecule has 5 heteroatoms. The molecular formula is C14H10BrCl2FO. The Morgan fingerprint density at radius 2 is 1.89 bits per heavy atom. The number of benzene rings is 2. The molecule has 2 aromatic rings. The van der Waals surface area contributed by atoms with Crippen LogP contribution in [-0.4, -0.2) is 5.11 Å². The zero-order valence-corrected chi connectivity index (χ0v) is 13.0. The Morgan fingerprint density at radius 1 is 1.21 bits per heavy atom. The fourth-order valence-corrected chi connectivity index (χ4v) is 2.51. The van der Waals surface area contributed by atoms with Gasteiger partial charge in [-0.15, -0.1) is 0 Å². The first-order valence-electron chi connectivity index (χ1n) is 5.49. The molecule has 0 aliphatic heterocycles. The van der Waals surface area contributed by atoms with Gasteiger partial charge in [-0.25, -0.2) is 4.39 Å². The fourth-order valence-electron chi connectivity index (χ4n) is 1.80. The molecule has 0 aliphatic carbocycles. The number of aryl methyl sites for hydroxylation is 1. The molecule has 1 atom stereocenters. The summed E-state index contributed by atoms with van der Waals surface area (Å²) < 4.78 is 14.3. The van der Waals surface area contributed by atoms with Crippen molar-refractivity contribution in [1.29, 1.82) is 0 Å². The molecular weight excluding hydrogens is 354 g/mol. The van der Waals surface area contributed by atoms with Gasteiger partial charge in [0.1, 0.15) is 11.9 Å². The van der Waals surface area contributed by atoms with Crippen molar-refractivity contribution < 1.29 is 9.50 Å². The Balaban J connectivity index is 2.53. The van der Waals surface area contributed by atoms with Gasteiger partial charge in [0.15, 0.2) is 0 Å². The lowest BCUT2D eigenvalue weighted by atomic mass is 9.99. The lowest BCUT2D eigenvalue weighted by Crippen LogP contribution is -2.04. The minimum absolute atomic E-state index is 0.0979. The molecule has 0 aliphatic rings. The second kappa shape index (κ2) is 5.80. The average Bonchev–Trinajstić information content (AvgIpc) is 2.36. The highest BCUT2D eigenvalue weighted by Gasteiger charge is 2.19. The van der Waals surface area contributed by atoms with E-state index in [1.807, 2.05) is 13.0 Å². The van der Waals surface area contributed by atoms with Gasteiger partial charge in [-0.3, -0.25) is 0 Å². The van der Waals surface area contributed by atoms with Crippen molar-refractivity contribution >= 4 is 39.1 Å². The summed E-state index contributed by atoms with van der Waals surface area (Å²) in [4.78, 5) is 0. The van der Waals surface area contributed by atoms with Crippen molar-refractivity contribution in [3.8, 4) is 0 Å². The first-order chi connectivity index (χ1) is 8.91. The fraction of sp³-hybridized carbons (Fsp3) is 0.143. The van der Waals surface area contributed by atoms with Gasteiger partial charge >= 0.3 is 0 Å². The molecule has 19 heavy (non-hydrogen) atoms. The van der Waals surface area contributed by atoms with E-state index in [2.05, 4.69) is 15.9 Å². The summed E-state index contributed by atoms with van der Waals surface area (Å²) in [5, 5.41) is 11.1. The van der Waals surface area contributed by atoms with Crippen molar-refractivity contribution in [1.82, 2.24) is 0 Å². The van der Waals surface area contributed by atoms with Crippen LogP contribution in [0.2, 0.25) is 10.0 Å². The molecule has 1 nitrogen and oxygen atoms in total. The van der Waals surface area contributed by atoms with E-state index in [4.69, 9.17) is 23.2 Å². The first kappa shape index (κ1) is 14.8. The first-order valence-corrected chi connectivity index (χ1v) is 7.04. The van der Waals surface area contributed by atoms with Gasteiger partial charge < -0.3 is 5.11 Å². The molecule has 0 fully saturated rings. The highest BCUT2D eigenvalue weighted by molar-refractivity contribution is 9.10. The van der Waals surface area contributed by atoms with E-state index < -0.39 is 11.9 Å². The maximum atomic E-state index is 13.9. The molecule has 2 aromatic carbocycles. The van der Waals surface area contributed by atoms with Crippen LogP contribution in [0.15, 0.2) is 34.8 Å². The Kier molecular flexibility index (Phi) is 4.51. The number of halogens is 4. The van der Waals surface area contributed by atoms with Crippen molar-refractivity contribution in [2.75, 3.05) is 0 Å². The number of hydrogen-bond donors (Lipinski definition) is 1. The predicted octanol–water partition coefficient (Wildman–Crippen LogP) is 5.29. The van der Waals surface area contributed by atoms with Crippen molar-refractivity contribution in [3.63, 3.8) is 0 Å².